The zero-order chi connectivity index (χ0) is 19.1. The number of aryl methyl sites for hydroxylation is 1. The first-order valence-corrected chi connectivity index (χ1v) is 9.82. The molecule has 0 saturated carbocycles. The summed E-state index contributed by atoms with van der Waals surface area (Å²) in [5.74, 6) is 0. The van der Waals surface area contributed by atoms with Gasteiger partial charge in [0.25, 0.3) is 5.56 Å². The van der Waals surface area contributed by atoms with Crippen LogP contribution >= 0.6 is 27.7 Å². The largest absolute Gasteiger partial charge is 0.295 e. The number of aromatic nitrogens is 4. The molecule has 0 bridgehead atoms. The minimum atomic E-state index is -0.135. The quantitative estimate of drug-likeness (QED) is 0.471. The summed E-state index contributed by atoms with van der Waals surface area (Å²) in [6.07, 6.45) is 1.60. The Labute approximate surface area is 168 Å². The lowest BCUT2D eigenvalue weighted by Crippen LogP contribution is -2.18. The van der Waals surface area contributed by atoms with Crippen LogP contribution in [-0.4, -0.2) is 24.7 Å². The van der Waals surface area contributed by atoms with Crippen LogP contribution in [0.15, 0.2) is 44.6 Å². The van der Waals surface area contributed by atoms with Crippen LogP contribution in [0.2, 0.25) is 0 Å². The van der Waals surface area contributed by atoms with Crippen molar-refractivity contribution in [3.63, 3.8) is 0 Å². The van der Waals surface area contributed by atoms with E-state index in [0.29, 0.717) is 11.3 Å². The third kappa shape index (κ3) is 3.04. The van der Waals surface area contributed by atoms with Crippen molar-refractivity contribution in [2.24, 2.45) is 4.99 Å². The fraction of sp³-hybridized carbons (Fsp3) is 0.158. The minimum absolute atomic E-state index is 0.135. The van der Waals surface area contributed by atoms with E-state index >= 15 is 0 Å². The summed E-state index contributed by atoms with van der Waals surface area (Å²) in [6.45, 7) is 5.89. The molecule has 0 aliphatic heterocycles. The molecule has 0 atom stereocenters. The van der Waals surface area contributed by atoms with Crippen molar-refractivity contribution in [3.05, 3.63) is 67.5 Å². The highest BCUT2D eigenvalue weighted by molar-refractivity contribution is 9.10. The molecule has 136 valence electrons. The predicted molar refractivity (Wildman–Crippen MR) is 113 cm³/mol. The zero-order valence-corrected chi connectivity index (χ0v) is 17.3. The van der Waals surface area contributed by atoms with Gasteiger partial charge in [0.05, 0.1) is 28.7 Å². The standard InChI is InChI=1S/C19H16BrN5OS/c1-10-11(2)17(8-7-14(10)20)25-19(26)13(12(3)22-25)9-21-15-5-4-6-16-18(15)24-27-23-16/h4-9,22H,1-3H3. The Kier molecular flexibility index (Phi) is 4.53. The Hall–Kier alpha value is -2.58. The third-order valence-corrected chi connectivity index (χ3v) is 6.05. The van der Waals surface area contributed by atoms with E-state index in [4.69, 9.17) is 0 Å². The van der Waals surface area contributed by atoms with E-state index in [1.54, 1.807) is 10.9 Å². The number of halogens is 1. The summed E-state index contributed by atoms with van der Waals surface area (Å²) in [6, 6.07) is 9.51. The molecule has 2 aromatic carbocycles. The van der Waals surface area contributed by atoms with Crippen LogP contribution < -0.4 is 5.56 Å². The number of rotatable bonds is 3. The van der Waals surface area contributed by atoms with E-state index in [0.717, 1.165) is 49.7 Å². The van der Waals surface area contributed by atoms with Gasteiger partial charge >= 0.3 is 0 Å². The average Bonchev–Trinajstić information content (AvgIpc) is 3.24. The monoisotopic (exact) mass is 441 g/mol. The zero-order valence-electron chi connectivity index (χ0n) is 14.9. The van der Waals surface area contributed by atoms with Crippen LogP contribution in [0, 0.1) is 20.8 Å². The molecule has 8 heteroatoms. The number of hydrogen-bond acceptors (Lipinski definition) is 5. The summed E-state index contributed by atoms with van der Waals surface area (Å²) in [4.78, 5) is 17.5. The smallest absolute Gasteiger partial charge is 0.280 e. The fourth-order valence-electron chi connectivity index (χ4n) is 2.93. The van der Waals surface area contributed by atoms with Gasteiger partial charge in [0.15, 0.2) is 0 Å². The maximum Gasteiger partial charge on any atom is 0.280 e. The maximum atomic E-state index is 13.0. The van der Waals surface area contributed by atoms with Crippen LogP contribution in [0.1, 0.15) is 22.4 Å². The normalized spacial score (nSPS) is 11.7. The van der Waals surface area contributed by atoms with Crippen molar-refractivity contribution < 1.29 is 0 Å². The molecule has 0 saturated heterocycles. The van der Waals surface area contributed by atoms with Gasteiger partial charge in [0, 0.05) is 16.4 Å². The van der Waals surface area contributed by atoms with Gasteiger partial charge in [0.2, 0.25) is 0 Å². The van der Waals surface area contributed by atoms with E-state index in [9.17, 15) is 4.79 Å². The van der Waals surface area contributed by atoms with Crippen LogP contribution in [0.5, 0.6) is 0 Å². The molecule has 0 radical (unpaired) electrons. The number of nitrogens with one attached hydrogen (secondary N) is 1. The predicted octanol–water partition coefficient (Wildman–Crippen LogP) is 4.61. The van der Waals surface area contributed by atoms with Gasteiger partial charge in [-0.3, -0.25) is 14.9 Å². The van der Waals surface area contributed by atoms with Crippen molar-refractivity contribution in [2.45, 2.75) is 20.8 Å². The molecule has 0 aliphatic rings. The van der Waals surface area contributed by atoms with Gasteiger partial charge in [-0.05, 0) is 56.2 Å². The lowest BCUT2D eigenvalue weighted by Gasteiger charge is -2.10. The molecule has 2 heterocycles. The molecule has 0 spiro atoms. The van der Waals surface area contributed by atoms with Crippen molar-refractivity contribution in [3.8, 4) is 5.69 Å². The summed E-state index contributed by atoms with van der Waals surface area (Å²) in [7, 11) is 0. The number of hydrogen-bond donors (Lipinski definition) is 1. The molecule has 0 amide bonds. The Morgan fingerprint density at radius 3 is 2.78 bits per heavy atom. The molecule has 4 rings (SSSR count). The lowest BCUT2D eigenvalue weighted by molar-refractivity contribution is 0.827. The molecule has 2 aromatic heterocycles. The molecule has 6 nitrogen and oxygen atoms in total. The molecular formula is C19H16BrN5OS. The van der Waals surface area contributed by atoms with Crippen molar-refractivity contribution in [2.75, 3.05) is 0 Å². The Balaban J connectivity index is 1.79. The maximum absolute atomic E-state index is 13.0. The van der Waals surface area contributed by atoms with Gasteiger partial charge in [0.1, 0.15) is 11.0 Å². The number of benzene rings is 2. The molecule has 0 fully saturated rings. The number of nitrogens with zero attached hydrogens (tertiary/aromatic N) is 4. The van der Waals surface area contributed by atoms with Crippen LogP contribution in [0.3, 0.4) is 0 Å². The van der Waals surface area contributed by atoms with Crippen molar-refractivity contribution in [1.82, 2.24) is 18.5 Å². The second-order valence-corrected chi connectivity index (χ2v) is 7.66. The van der Waals surface area contributed by atoms with Gasteiger partial charge in [-0.1, -0.05) is 22.0 Å². The molecular weight excluding hydrogens is 426 g/mol. The van der Waals surface area contributed by atoms with Crippen molar-refractivity contribution in [1.29, 1.82) is 0 Å². The Morgan fingerprint density at radius 1 is 1.15 bits per heavy atom. The first-order valence-electron chi connectivity index (χ1n) is 8.30. The fourth-order valence-corrected chi connectivity index (χ4v) is 3.90. The van der Waals surface area contributed by atoms with Gasteiger partial charge in [-0.2, -0.15) is 8.75 Å². The van der Waals surface area contributed by atoms with E-state index in [1.165, 1.54) is 0 Å². The SMILES string of the molecule is Cc1[nH]n(-c2ccc(Br)c(C)c2C)c(=O)c1C=Nc1cccc2nsnc12. The van der Waals surface area contributed by atoms with Crippen LogP contribution in [0.4, 0.5) is 5.69 Å². The van der Waals surface area contributed by atoms with E-state index in [-0.39, 0.29) is 5.56 Å². The number of aromatic amines is 1. The Bertz CT molecular complexity index is 1250. The molecule has 0 aliphatic carbocycles. The Morgan fingerprint density at radius 2 is 1.96 bits per heavy atom. The van der Waals surface area contributed by atoms with Crippen LogP contribution in [-0.2, 0) is 0 Å². The lowest BCUT2D eigenvalue weighted by atomic mass is 10.1. The highest BCUT2D eigenvalue weighted by atomic mass is 79.9. The topological polar surface area (TPSA) is 75.9 Å². The van der Waals surface area contributed by atoms with Gasteiger partial charge in [-0.15, -0.1) is 0 Å². The number of H-pyrrole nitrogens is 1. The summed E-state index contributed by atoms with van der Waals surface area (Å²) < 4.78 is 11.1. The van der Waals surface area contributed by atoms with Crippen molar-refractivity contribution >= 4 is 50.6 Å². The number of aliphatic imine (C=N–C) groups is 1. The minimum Gasteiger partial charge on any atom is -0.295 e. The second kappa shape index (κ2) is 6.86. The van der Waals surface area contributed by atoms with Gasteiger partial charge in [-0.25, -0.2) is 4.68 Å². The first kappa shape index (κ1) is 17.8. The summed E-state index contributed by atoms with van der Waals surface area (Å²) in [5.41, 5.74) is 6.36. The first-order chi connectivity index (χ1) is 13.0. The molecule has 4 aromatic rings. The van der Waals surface area contributed by atoms with Gasteiger partial charge < -0.3 is 0 Å². The van der Waals surface area contributed by atoms with E-state index in [1.807, 2.05) is 51.1 Å². The summed E-state index contributed by atoms with van der Waals surface area (Å²) >= 11 is 4.68. The second-order valence-electron chi connectivity index (χ2n) is 6.27. The highest BCUT2D eigenvalue weighted by Crippen LogP contribution is 2.25. The number of fused-ring (bicyclic) bond motifs is 1. The van der Waals surface area contributed by atoms with E-state index < -0.39 is 0 Å². The molecule has 1 N–H and O–H groups in total. The van der Waals surface area contributed by atoms with E-state index in [2.05, 4.69) is 34.8 Å². The average molecular weight is 442 g/mol. The molecule has 0 unspecified atom stereocenters. The summed E-state index contributed by atoms with van der Waals surface area (Å²) in [5, 5.41) is 3.16. The highest BCUT2D eigenvalue weighted by Gasteiger charge is 2.14. The third-order valence-electron chi connectivity index (χ3n) is 4.65. The van der Waals surface area contributed by atoms with Crippen LogP contribution in [0.25, 0.3) is 16.7 Å². The molecule has 27 heavy (non-hydrogen) atoms.